The van der Waals surface area contributed by atoms with Crippen molar-refractivity contribution in [2.24, 2.45) is 0 Å². The number of aromatic nitrogens is 1. The molecule has 1 N–H and O–H groups in total. The van der Waals surface area contributed by atoms with Gasteiger partial charge in [0.15, 0.2) is 0 Å². The zero-order valence-corrected chi connectivity index (χ0v) is 16.4. The SMILES string of the molecule is COC(=O)/C(=C/c1cn(S(=O)(=O)c2ccccc2)c2cccc(F)c12)NC(C)=O. The second kappa shape index (κ2) is 7.88. The minimum absolute atomic E-state index is 0.0150. The third-order valence-corrected chi connectivity index (χ3v) is 5.78. The number of esters is 1. The summed E-state index contributed by atoms with van der Waals surface area (Å²) in [4.78, 5) is 23.4. The second-order valence-corrected chi connectivity index (χ2v) is 7.88. The molecule has 0 fully saturated rings. The summed E-state index contributed by atoms with van der Waals surface area (Å²) in [6.45, 7) is 1.19. The third-order valence-electron chi connectivity index (χ3n) is 4.09. The van der Waals surface area contributed by atoms with E-state index in [4.69, 9.17) is 0 Å². The van der Waals surface area contributed by atoms with Gasteiger partial charge in [-0.2, -0.15) is 0 Å². The molecule has 0 saturated heterocycles. The molecule has 1 amide bonds. The van der Waals surface area contributed by atoms with Crippen LogP contribution in [0.2, 0.25) is 0 Å². The lowest BCUT2D eigenvalue weighted by molar-refractivity contribution is -0.137. The van der Waals surface area contributed by atoms with E-state index in [0.29, 0.717) is 0 Å². The maximum absolute atomic E-state index is 14.6. The number of fused-ring (bicyclic) bond motifs is 1. The number of nitrogens with zero attached hydrogens (tertiary/aromatic N) is 1. The largest absolute Gasteiger partial charge is 0.464 e. The van der Waals surface area contributed by atoms with Gasteiger partial charge in [-0.3, -0.25) is 4.79 Å². The van der Waals surface area contributed by atoms with Crippen molar-refractivity contribution >= 4 is 38.9 Å². The number of benzene rings is 2. The average molecular weight is 416 g/mol. The van der Waals surface area contributed by atoms with Gasteiger partial charge < -0.3 is 10.1 Å². The summed E-state index contributed by atoms with van der Waals surface area (Å²) >= 11 is 0. The van der Waals surface area contributed by atoms with Gasteiger partial charge in [0.25, 0.3) is 10.0 Å². The molecule has 3 rings (SSSR count). The van der Waals surface area contributed by atoms with Crippen LogP contribution in [0.15, 0.2) is 65.3 Å². The molecule has 29 heavy (non-hydrogen) atoms. The molecule has 0 radical (unpaired) electrons. The van der Waals surface area contributed by atoms with Crippen molar-refractivity contribution in [1.82, 2.24) is 9.29 Å². The molecule has 0 unspecified atom stereocenters. The minimum Gasteiger partial charge on any atom is -0.464 e. The van der Waals surface area contributed by atoms with Crippen LogP contribution in [0.4, 0.5) is 4.39 Å². The van der Waals surface area contributed by atoms with Crippen molar-refractivity contribution in [2.45, 2.75) is 11.8 Å². The van der Waals surface area contributed by atoms with E-state index in [-0.39, 0.29) is 27.1 Å². The maximum atomic E-state index is 14.6. The highest BCUT2D eigenvalue weighted by atomic mass is 32.2. The fraction of sp³-hybridized carbons (Fsp3) is 0.100. The van der Waals surface area contributed by atoms with Gasteiger partial charge in [0.05, 0.1) is 17.5 Å². The predicted octanol–water partition coefficient (Wildman–Crippen LogP) is 2.67. The number of hydrogen-bond donors (Lipinski definition) is 1. The number of amides is 1. The zero-order valence-electron chi connectivity index (χ0n) is 15.5. The first kappa shape index (κ1) is 20.3. The number of ether oxygens (including phenoxy) is 1. The number of methoxy groups -OCH3 is 1. The predicted molar refractivity (Wildman–Crippen MR) is 105 cm³/mol. The maximum Gasteiger partial charge on any atom is 0.354 e. The van der Waals surface area contributed by atoms with Gasteiger partial charge in [-0.1, -0.05) is 24.3 Å². The van der Waals surface area contributed by atoms with Crippen LogP contribution in [0, 0.1) is 5.82 Å². The topological polar surface area (TPSA) is 94.5 Å². The molecule has 1 aromatic heterocycles. The van der Waals surface area contributed by atoms with Crippen LogP contribution in [0.3, 0.4) is 0 Å². The van der Waals surface area contributed by atoms with Crippen molar-refractivity contribution in [3.63, 3.8) is 0 Å². The second-order valence-electron chi connectivity index (χ2n) is 6.06. The van der Waals surface area contributed by atoms with E-state index in [1.54, 1.807) is 18.2 Å². The monoisotopic (exact) mass is 416 g/mol. The average Bonchev–Trinajstić information content (AvgIpc) is 3.07. The number of rotatable bonds is 5. The molecule has 2 aromatic carbocycles. The van der Waals surface area contributed by atoms with Crippen LogP contribution in [0.5, 0.6) is 0 Å². The van der Waals surface area contributed by atoms with E-state index < -0.39 is 27.7 Å². The summed E-state index contributed by atoms with van der Waals surface area (Å²) < 4.78 is 46.3. The Kier molecular flexibility index (Phi) is 5.51. The van der Waals surface area contributed by atoms with Gasteiger partial charge in [0.2, 0.25) is 5.91 Å². The summed E-state index contributed by atoms with van der Waals surface area (Å²) in [6.07, 6.45) is 2.37. The van der Waals surface area contributed by atoms with Crippen molar-refractivity contribution < 1.29 is 27.1 Å². The van der Waals surface area contributed by atoms with E-state index in [9.17, 15) is 22.4 Å². The van der Waals surface area contributed by atoms with Crippen LogP contribution in [-0.2, 0) is 24.3 Å². The van der Waals surface area contributed by atoms with Gasteiger partial charge in [-0.05, 0) is 30.3 Å². The first-order valence-electron chi connectivity index (χ1n) is 8.43. The number of carbonyl (C=O) groups excluding carboxylic acids is 2. The highest BCUT2D eigenvalue weighted by molar-refractivity contribution is 7.90. The fourth-order valence-electron chi connectivity index (χ4n) is 2.86. The molecule has 0 atom stereocenters. The van der Waals surface area contributed by atoms with Gasteiger partial charge >= 0.3 is 5.97 Å². The molecule has 1 heterocycles. The lowest BCUT2D eigenvalue weighted by Crippen LogP contribution is -2.25. The van der Waals surface area contributed by atoms with Crippen molar-refractivity contribution in [3.05, 3.63) is 71.8 Å². The Balaban J connectivity index is 2.29. The van der Waals surface area contributed by atoms with Crippen molar-refractivity contribution in [3.8, 4) is 0 Å². The zero-order chi connectivity index (χ0) is 21.2. The van der Waals surface area contributed by atoms with E-state index in [2.05, 4.69) is 10.1 Å². The molecule has 9 heteroatoms. The number of carbonyl (C=O) groups is 2. The normalized spacial score (nSPS) is 12.0. The quantitative estimate of drug-likeness (QED) is 0.510. The molecule has 150 valence electrons. The Morgan fingerprint density at radius 1 is 1.10 bits per heavy atom. The standard InChI is InChI=1S/C20H17FN2O5S/c1-13(24)22-17(20(25)28-2)11-14-12-23(18-10-6-9-16(21)19(14)18)29(26,27)15-7-4-3-5-8-15/h3-12H,1-2H3,(H,22,24)/b17-11-. The molecule has 0 aliphatic carbocycles. The van der Waals surface area contributed by atoms with Crippen molar-refractivity contribution in [2.75, 3.05) is 7.11 Å². The first-order chi connectivity index (χ1) is 13.8. The van der Waals surface area contributed by atoms with E-state index >= 15 is 0 Å². The Morgan fingerprint density at radius 2 is 1.79 bits per heavy atom. The Morgan fingerprint density at radius 3 is 2.41 bits per heavy atom. The van der Waals surface area contributed by atoms with Gasteiger partial charge in [-0.15, -0.1) is 0 Å². The molecule has 3 aromatic rings. The number of nitrogens with one attached hydrogen (secondary N) is 1. The molecule has 0 aliphatic rings. The summed E-state index contributed by atoms with van der Waals surface area (Å²) in [7, 11) is -2.90. The third kappa shape index (κ3) is 3.90. The lowest BCUT2D eigenvalue weighted by Gasteiger charge is -2.07. The van der Waals surface area contributed by atoms with Gasteiger partial charge in [0.1, 0.15) is 11.5 Å². The van der Waals surface area contributed by atoms with E-state index in [1.807, 2.05) is 0 Å². The smallest absolute Gasteiger partial charge is 0.354 e. The molecule has 0 bridgehead atoms. The summed E-state index contributed by atoms with van der Waals surface area (Å²) in [5, 5.41) is 2.29. The molecular formula is C20H17FN2O5S. The Bertz CT molecular complexity index is 1230. The van der Waals surface area contributed by atoms with Crippen molar-refractivity contribution in [1.29, 1.82) is 0 Å². The summed E-state index contributed by atoms with van der Waals surface area (Å²) in [5.41, 5.74) is -0.0710. The van der Waals surface area contributed by atoms with Crippen LogP contribution in [0.25, 0.3) is 17.0 Å². The van der Waals surface area contributed by atoms with Crippen LogP contribution < -0.4 is 5.32 Å². The van der Waals surface area contributed by atoms with Gasteiger partial charge in [0, 0.05) is 24.1 Å². The molecule has 0 aliphatic heterocycles. The molecular weight excluding hydrogens is 399 g/mol. The fourth-order valence-corrected chi connectivity index (χ4v) is 4.25. The van der Waals surface area contributed by atoms with Crippen LogP contribution in [-0.4, -0.2) is 31.4 Å². The molecule has 0 saturated carbocycles. The van der Waals surface area contributed by atoms with Crippen LogP contribution in [0.1, 0.15) is 12.5 Å². The lowest BCUT2D eigenvalue weighted by atomic mass is 10.1. The first-order valence-corrected chi connectivity index (χ1v) is 9.87. The van der Waals surface area contributed by atoms with Crippen LogP contribution >= 0.6 is 0 Å². The van der Waals surface area contributed by atoms with E-state index in [1.165, 1.54) is 49.5 Å². The highest BCUT2D eigenvalue weighted by Crippen LogP contribution is 2.29. The Hall–Kier alpha value is -3.46. The van der Waals surface area contributed by atoms with E-state index in [0.717, 1.165) is 11.1 Å². The number of hydrogen-bond acceptors (Lipinski definition) is 5. The number of halogens is 1. The highest BCUT2D eigenvalue weighted by Gasteiger charge is 2.23. The minimum atomic E-state index is -4.03. The summed E-state index contributed by atoms with van der Waals surface area (Å²) in [5.74, 6) is -2.08. The van der Waals surface area contributed by atoms with Gasteiger partial charge in [-0.25, -0.2) is 21.6 Å². The Labute approximate surface area is 166 Å². The molecule has 7 nitrogen and oxygen atoms in total. The summed E-state index contributed by atoms with van der Waals surface area (Å²) in [6, 6.07) is 11.7. The molecule has 0 spiro atoms.